The van der Waals surface area contributed by atoms with E-state index in [0.717, 1.165) is 11.1 Å². The zero-order chi connectivity index (χ0) is 13.8. The lowest BCUT2D eigenvalue weighted by atomic mass is 10.1. The van der Waals surface area contributed by atoms with Gasteiger partial charge in [-0.25, -0.2) is 0 Å². The molecule has 0 fully saturated rings. The molecule has 2 aromatic carbocycles. The Morgan fingerprint density at radius 1 is 0.800 bits per heavy atom. The summed E-state index contributed by atoms with van der Waals surface area (Å²) in [7, 11) is 0. The fourth-order valence-corrected chi connectivity index (χ4v) is 1.91. The van der Waals surface area contributed by atoms with E-state index in [4.69, 9.17) is 9.15 Å². The number of hydrogen-bond donors (Lipinski definition) is 0. The third-order valence-electron chi connectivity index (χ3n) is 2.90. The van der Waals surface area contributed by atoms with Crippen LogP contribution in [0.4, 0.5) is 0 Å². The van der Waals surface area contributed by atoms with E-state index in [0.29, 0.717) is 18.0 Å². The fourth-order valence-electron chi connectivity index (χ4n) is 1.91. The van der Waals surface area contributed by atoms with Crippen molar-refractivity contribution in [2.24, 2.45) is 0 Å². The summed E-state index contributed by atoms with van der Waals surface area (Å²) in [5.41, 5.74) is 2.27. The molecule has 0 bridgehead atoms. The first-order chi connectivity index (χ1) is 9.85. The summed E-state index contributed by atoms with van der Waals surface area (Å²) in [5.74, 6) is 1.22. The number of rotatable bonds is 4. The van der Waals surface area contributed by atoms with Gasteiger partial charge < -0.3 is 9.15 Å². The minimum Gasteiger partial charge on any atom is -0.426 e. The molecule has 0 radical (unpaired) electrons. The summed E-state index contributed by atoms with van der Waals surface area (Å²) in [6.45, 7) is 0. The van der Waals surface area contributed by atoms with Gasteiger partial charge in [0.05, 0.1) is 0 Å². The average molecular weight is 264 g/mol. The normalized spacial score (nSPS) is 10.2. The Kier molecular flexibility index (Phi) is 3.33. The van der Waals surface area contributed by atoms with Crippen molar-refractivity contribution in [3.05, 3.63) is 72.5 Å². The fraction of sp³-hybridized carbons (Fsp3) is 0. The van der Waals surface area contributed by atoms with Gasteiger partial charge in [0.25, 0.3) is 5.95 Å². The Labute approximate surface area is 116 Å². The van der Waals surface area contributed by atoms with Gasteiger partial charge in [0.1, 0.15) is 5.75 Å². The van der Waals surface area contributed by atoms with Crippen LogP contribution in [0, 0.1) is 0 Å². The SMILES string of the molecule is O=Cc1ccc(Oc2ccc(-c3ccccc3)cc2)o1. The van der Waals surface area contributed by atoms with Crippen LogP contribution in [0.15, 0.2) is 71.1 Å². The molecule has 0 atom stereocenters. The molecule has 1 aromatic heterocycles. The summed E-state index contributed by atoms with van der Waals surface area (Å²) in [6, 6.07) is 21.0. The quantitative estimate of drug-likeness (QED) is 0.649. The van der Waals surface area contributed by atoms with E-state index in [2.05, 4.69) is 12.1 Å². The number of carbonyl (C=O) groups is 1. The molecule has 0 N–H and O–H groups in total. The molecule has 20 heavy (non-hydrogen) atoms. The highest BCUT2D eigenvalue weighted by atomic mass is 16.6. The first-order valence-corrected chi connectivity index (χ1v) is 6.23. The molecule has 0 aliphatic heterocycles. The van der Waals surface area contributed by atoms with Gasteiger partial charge in [0.15, 0.2) is 12.0 Å². The van der Waals surface area contributed by atoms with Gasteiger partial charge in [-0.05, 0) is 29.3 Å². The average Bonchev–Trinajstić information content (AvgIpc) is 2.97. The van der Waals surface area contributed by atoms with Crippen LogP contribution in [0.1, 0.15) is 10.6 Å². The third-order valence-corrected chi connectivity index (χ3v) is 2.90. The predicted octanol–water partition coefficient (Wildman–Crippen LogP) is 4.55. The van der Waals surface area contributed by atoms with Crippen LogP contribution in [0.5, 0.6) is 11.7 Å². The summed E-state index contributed by atoms with van der Waals surface area (Å²) in [5, 5.41) is 0. The highest BCUT2D eigenvalue weighted by Crippen LogP contribution is 2.26. The number of aldehydes is 1. The number of hydrogen-bond acceptors (Lipinski definition) is 3. The topological polar surface area (TPSA) is 39.4 Å². The van der Waals surface area contributed by atoms with E-state index in [-0.39, 0.29) is 5.76 Å². The lowest BCUT2D eigenvalue weighted by Crippen LogP contribution is -1.82. The van der Waals surface area contributed by atoms with Crippen molar-refractivity contribution in [1.29, 1.82) is 0 Å². The van der Waals surface area contributed by atoms with Crippen molar-refractivity contribution in [1.82, 2.24) is 0 Å². The second-order valence-corrected chi connectivity index (χ2v) is 4.27. The predicted molar refractivity (Wildman–Crippen MR) is 76.0 cm³/mol. The number of furan rings is 1. The molecule has 3 heteroatoms. The summed E-state index contributed by atoms with van der Waals surface area (Å²) >= 11 is 0. The largest absolute Gasteiger partial charge is 0.426 e. The number of carbonyl (C=O) groups excluding carboxylic acids is 1. The molecule has 0 amide bonds. The Morgan fingerprint density at radius 2 is 1.50 bits per heavy atom. The zero-order valence-electron chi connectivity index (χ0n) is 10.7. The van der Waals surface area contributed by atoms with Crippen molar-refractivity contribution < 1.29 is 13.9 Å². The van der Waals surface area contributed by atoms with Crippen LogP contribution >= 0.6 is 0 Å². The van der Waals surface area contributed by atoms with E-state index < -0.39 is 0 Å². The minimum atomic E-state index is 0.251. The highest BCUT2D eigenvalue weighted by molar-refractivity contribution is 5.70. The van der Waals surface area contributed by atoms with Gasteiger partial charge in [-0.15, -0.1) is 0 Å². The van der Waals surface area contributed by atoms with Gasteiger partial charge >= 0.3 is 0 Å². The first-order valence-electron chi connectivity index (χ1n) is 6.23. The highest BCUT2D eigenvalue weighted by Gasteiger charge is 2.04. The maximum atomic E-state index is 10.5. The summed E-state index contributed by atoms with van der Waals surface area (Å²) in [6.07, 6.45) is 0.644. The monoisotopic (exact) mass is 264 g/mol. The van der Waals surface area contributed by atoms with Crippen molar-refractivity contribution in [2.75, 3.05) is 0 Å². The molecule has 0 aliphatic carbocycles. The van der Waals surface area contributed by atoms with Crippen molar-refractivity contribution in [2.45, 2.75) is 0 Å². The van der Waals surface area contributed by atoms with Gasteiger partial charge in [-0.1, -0.05) is 42.5 Å². The summed E-state index contributed by atoms with van der Waals surface area (Å²) < 4.78 is 10.7. The smallest absolute Gasteiger partial charge is 0.290 e. The van der Waals surface area contributed by atoms with Crippen LogP contribution < -0.4 is 4.74 Å². The Morgan fingerprint density at radius 3 is 2.15 bits per heavy atom. The molecule has 0 spiro atoms. The molecule has 0 unspecified atom stereocenters. The lowest BCUT2D eigenvalue weighted by molar-refractivity contribution is 0.109. The number of benzene rings is 2. The van der Waals surface area contributed by atoms with Crippen molar-refractivity contribution in [3.63, 3.8) is 0 Å². The Hall–Kier alpha value is -2.81. The zero-order valence-corrected chi connectivity index (χ0v) is 10.7. The molecule has 3 aromatic rings. The molecule has 0 saturated carbocycles. The molecule has 3 nitrogen and oxygen atoms in total. The maximum absolute atomic E-state index is 10.5. The summed E-state index contributed by atoms with van der Waals surface area (Å²) in [4.78, 5) is 10.5. The molecule has 0 saturated heterocycles. The van der Waals surface area contributed by atoms with Crippen LogP contribution in [0.2, 0.25) is 0 Å². The number of ether oxygens (including phenoxy) is 1. The van der Waals surface area contributed by atoms with Gasteiger partial charge in [0.2, 0.25) is 0 Å². The molecule has 0 aliphatic rings. The van der Waals surface area contributed by atoms with E-state index in [1.165, 1.54) is 0 Å². The third kappa shape index (κ3) is 2.62. The van der Waals surface area contributed by atoms with Gasteiger partial charge in [-0.3, -0.25) is 4.79 Å². The molecular formula is C17H12O3. The van der Waals surface area contributed by atoms with E-state index >= 15 is 0 Å². The minimum absolute atomic E-state index is 0.251. The van der Waals surface area contributed by atoms with E-state index in [1.807, 2.05) is 42.5 Å². The second-order valence-electron chi connectivity index (χ2n) is 4.27. The van der Waals surface area contributed by atoms with Crippen LogP contribution in [0.3, 0.4) is 0 Å². The Balaban J connectivity index is 1.78. The van der Waals surface area contributed by atoms with Gasteiger partial charge in [0, 0.05) is 6.07 Å². The molecule has 3 rings (SSSR count). The molecular weight excluding hydrogens is 252 g/mol. The Bertz CT molecular complexity index is 697. The van der Waals surface area contributed by atoms with Gasteiger partial charge in [-0.2, -0.15) is 0 Å². The van der Waals surface area contributed by atoms with Crippen LogP contribution in [-0.2, 0) is 0 Å². The molecule has 98 valence electrons. The van der Waals surface area contributed by atoms with Crippen molar-refractivity contribution >= 4 is 6.29 Å². The first kappa shape index (κ1) is 12.2. The van der Waals surface area contributed by atoms with Crippen LogP contribution in [-0.4, -0.2) is 6.29 Å². The lowest BCUT2D eigenvalue weighted by Gasteiger charge is -2.04. The second kappa shape index (κ2) is 5.45. The van der Waals surface area contributed by atoms with E-state index in [1.54, 1.807) is 12.1 Å². The molecule has 1 heterocycles. The van der Waals surface area contributed by atoms with Crippen molar-refractivity contribution in [3.8, 4) is 22.8 Å². The van der Waals surface area contributed by atoms with Crippen LogP contribution in [0.25, 0.3) is 11.1 Å². The maximum Gasteiger partial charge on any atom is 0.290 e. The van der Waals surface area contributed by atoms with E-state index in [9.17, 15) is 4.79 Å². The standard InChI is InChI=1S/C17H12O3/c18-12-16-10-11-17(20-16)19-15-8-6-14(7-9-15)13-4-2-1-3-5-13/h1-12H.